The summed E-state index contributed by atoms with van der Waals surface area (Å²) < 4.78 is 0. The zero-order valence-electron chi connectivity index (χ0n) is 12.5. The molecule has 2 N–H and O–H groups in total. The fraction of sp³-hybridized carbons (Fsp3) is 0.625. The van der Waals surface area contributed by atoms with Gasteiger partial charge in [0, 0.05) is 12.6 Å². The predicted octanol–water partition coefficient (Wildman–Crippen LogP) is 3.11. The Morgan fingerprint density at radius 3 is 2.44 bits per heavy atom. The number of hydrogen-bond donors (Lipinski definition) is 1. The van der Waals surface area contributed by atoms with E-state index in [0.29, 0.717) is 12.0 Å². The Balaban J connectivity index is 2.47. The summed E-state index contributed by atoms with van der Waals surface area (Å²) in [6.45, 7) is 10.8. The maximum Gasteiger partial charge on any atom is 0.0233 e. The molecule has 2 nitrogen and oxygen atoms in total. The van der Waals surface area contributed by atoms with E-state index >= 15 is 0 Å². The molecule has 0 aliphatic carbocycles. The Morgan fingerprint density at radius 1 is 1.22 bits per heavy atom. The van der Waals surface area contributed by atoms with Crippen molar-refractivity contribution < 1.29 is 0 Å². The van der Waals surface area contributed by atoms with E-state index in [2.05, 4.69) is 57.8 Å². The second-order valence-corrected chi connectivity index (χ2v) is 5.86. The van der Waals surface area contributed by atoms with Gasteiger partial charge in [-0.3, -0.25) is 0 Å². The minimum absolute atomic E-state index is 0.312. The molecule has 0 aliphatic rings. The first-order valence-electron chi connectivity index (χ1n) is 6.90. The molecule has 0 radical (unpaired) electrons. The second-order valence-electron chi connectivity index (χ2n) is 5.86. The molecule has 1 aromatic rings. The van der Waals surface area contributed by atoms with E-state index in [-0.39, 0.29) is 0 Å². The van der Waals surface area contributed by atoms with Crippen molar-refractivity contribution in [2.45, 2.75) is 46.7 Å². The molecule has 1 atom stereocenters. The lowest BCUT2D eigenvalue weighted by molar-refractivity contribution is 0.296. The number of rotatable bonds is 6. The van der Waals surface area contributed by atoms with Gasteiger partial charge in [-0.05, 0) is 50.9 Å². The van der Waals surface area contributed by atoms with Gasteiger partial charge in [-0.2, -0.15) is 0 Å². The Kier molecular flexibility index (Phi) is 5.83. The maximum atomic E-state index is 6.08. The van der Waals surface area contributed by atoms with E-state index < -0.39 is 0 Å². The summed E-state index contributed by atoms with van der Waals surface area (Å²) in [7, 11) is 2.17. The van der Waals surface area contributed by atoms with Crippen molar-refractivity contribution in [3.63, 3.8) is 0 Å². The number of aryl methyl sites for hydroxylation is 2. The molecule has 18 heavy (non-hydrogen) atoms. The first-order valence-corrected chi connectivity index (χ1v) is 6.90. The molecule has 0 fully saturated rings. The minimum atomic E-state index is 0.312. The van der Waals surface area contributed by atoms with Crippen LogP contribution in [0.1, 0.15) is 37.0 Å². The number of benzene rings is 1. The fourth-order valence-electron chi connectivity index (χ4n) is 2.10. The molecule has 0 saturated heterocycles. The fourth-order valence-corrected chi connectivity index (χ4v) is 2.10. The topological polar surface area (TPSA) is 29.3 Å². The molecular weight excluding hydrogens is 220 g/mol. The normalized spacial score (nSPS) is 13.3. The molecule has 2 heteroatoms. The average Bonchev–Trinajstić information content (AvgIpc) is 2.29. The molecule has 0 bridgehead atoms. The summed E-state index contributed by atoms with van der Waals surface area (Å²) in [5.41, 5.74) is 10.2. The highest BCUT2D eigenvalue weighted by Gasteiger charge is 2.09. The van der Waals surface area contributed by atoms with Crippen LogP contribution in [-0.2, 0) is 6.54 Å². The standard InChI is InChI=1S/C16H28N2/c1-12(2)16(17)8-9-18(5)11-15-7-6-13(3)10-14(15)4/h6-7,10,12,16H,8-9,11,17H2,1-5H3. The molecule has 0 amide bonds. The van der Waals surface area contributed by atoms with E-state index in [1.165, 1.54) is 16.7 Å². The number of nitrogens with zero attached hydrogens (tertiary/aromatic N) is 1. The Bertz CT molecular complexity index is 371. The maximum absolute atomic E-state index is 6.08. The van der Waals surface area contributed by atoms with E-state index in [9.17, 15) is 0 Å². The summed E-state index contributed by atoms with van der Waals surface area (Å²) in [6.07, 6.45) is 1.07. The largest absolute Gasteiger partial charge is 0.327 e. The van der Waals surface area contributed by atoms with Gasteiger partial charge in [0.25, 0.3) is 0 Å². The molecule has 1 aromatic carbocycles. The molecule has 1 unspecified atom stereocenters. The predicted molar refractivity (Wildman–Crippen MR) is 79.7 cm³/mol. The summed E-state index contributed by atoms with van der Waals surface area (Å²) in [4.78, 5) is 2.36. The van der Waals surface area contributed by atoms with Gasteiger partial charge in [-0.25, -0.2) is 0 Å². The average molecular weight is 248 g/mol. The lowest BCUT2D eigenvalue weighted by Gasteiger charge is -2.22. The molecule has 102 valence electrons. The van der Waals surface area contributed by atoms with Gasteiger partial charge in [0.15, 0.2) is 0 Å². The first kappa shape index (κ1) is 15.2. The van der Waals surface area contributed by atoms with Crippen LogP contribution in [0.15, 0.2) is 18.2 Å². The van der Waals surface area contributed by atoms with Gasteiger partial charge in [0.2, 0.25) is 0 Å². The Hall–Kier alpha value is -0.860. The van der Waals surface area contributed by atoms with Gasteiger partial charge in [-0.15, -0.1) is 0 Å². The van der Waals surface area contributed by atoms with Crippen LogP contribution in [0.3, 0.4) is 0 Å². The summed E-state index contributed by atoms with van der Waals surface area (Å²) in [5, 5.41) is 0. The Labute approximate surface area is 112 Å². The quantitative estimate of drug-likeness (QED) is 0.838. The summed E-state index contributed by atoms with van der Waals surface area (Å²) in [5.74, 6) is 0.569. The summed E-state index contributed by atoms with van der Waals surface area (Å²) >= 11 is 0. The molecular formula is C16H28N2. The van der Waals surface area contributed by atoms with Crippen LogP contribution in [0.4, 0.5) is 0 Å². The monoisotopic (exact) mass is 248 g/mol. The third-order valence-corrected chi connectivity index (χ3v) is 3.64. The van der Waals surface area contributed by atoms with Crippen LogP contribution in [0, 0.1) is 19.8 Å². The SMILES string of the molecule is Cc1ccc(CN(C)CCC(N)C(C)C)c(C)c1. The highest BCUT2D eigenvalue weighted by Crippen LogP contribution is 2.13. The third kappa shape index (κ3) is 4.79. The van der Waals surface area contributed by atoms with Crippen molar-refractivity contribution in [2.24, 2.45) is 11.7 Å². The van der Waals surface area contributed by atoms with Crippen LogP contribution < -0.4 is 5.73 Å². The molecule has 0 aromatic heterocycles. The first-order chi connectivity index (χ1) is 8.40. The van der Waals surface area contributed by atoms with Gasteiger partial charge in [-0.1, -0.05) is 37.6 Å². The van der Waals surface area contributed by atoms with E-state index in [1.807, 2.05) is 0 Å². The van der Waals surface area contributed by atoms with Crippen LogP contribution >= 0.6 is 0 Å². The van der Waals surface area contributed by atoms with Gasteiger partial charge in [0.05, 0.1) is 0 Å². The smallest absolute Gasteiger partial charge is 0.0233 e. The Morgan fingerprint density at radius 2 is 1.89 bits per heavy atom. The second kappa shape index (κ2) is 6.91. The van der Waals surface area contributed by atoms with Crippen molar-refractivity contribution in [2.75, 3.05) is 13.6 Å². The summed E-state index contributed by atoms with van der Waals surface area (Å²) in [6, 6.07) is 6.99. The third-order valence-electron chi connectivity index (χ3n) is 3.64. The molecule has 0 heterocycles. The molecule has 0 spiro atoms. The highest BCUT2D eigenvalue weighted by molar-refractivity contribution is 5.30. The van der Waals surface area contributed by atoms with Crippen molar-refractivity contribution in [3.8, 4) is 0 Å². The highest BCUT2D eigenvalue weighted by atomic mass is 15.1. The lowest BCUT2D eigenvalue weighted by atomic mass is 10.0. The van der Waals surface area contributed by atoms with Gasteiger partial charge >= 0.3 is 0 Å². The van der Waals surface area contributed by atoms with Crippen molar-refractivity contribution in [3.05, 3.63) is 34.9 Å². The van der Waals surface area contributed by atoms with Crippen molar-refractivity contribution in [1.82, 2.24) is 4.90 Å². The van der Waals surface area contributed by atoms with E-state index in [4.69, 9.17) is 5.73 Å². The van der Waals surface area contributed by atoms with Crippen LogP contribution in [0.5, 0.6) is 0 Å². The molecule has 0 aliphatic heterocycles. The molecule has 0 saturated carbocycles. The number of nitrogens with two attached hydrogens (primary N) is 1. The van der Waals surface area contributed by atoms with E-state index in [1.54, 1.807) is 0 Å². The zero-order valence-corrected chi connectivity index (χ0v) is 12.5. The molecule has 1 rings (SSSR count). The number of hydrogen-bond acceptors (Lipinski definition) is 2. The van der Waals surface area contributed by atoms with Gasteiger partial charge < -0.3 is 10.6 Å². The van der Waals surface area contributed by atoms with Crippen molar-refractivity contribution in [1.29, 1.82) is 0 Å². The van der Waals surface area contributed by atoms with Crippen LogP contribution in [-0.4, -0.2) is 24.5 Å². The lowest BCUT2D eigenvalue weighted by Crippen LogP contribution is -2.31. The van der Waals surface area contributed by atoms with Crippen molar-refractivity contribution >= 4 is 0 Å². The minimum Gasteiger partial charge on any atom is -0.327 e. The zero-order chi connectivity index (χ0) is 13.7. The van der Waals surface area contributed by atoms with Crippen LogP contribution in [0.2, 0.25) is 0 Å². The van der Waals surface area contributed by atoms with Crippen LogP contribution in [0.25, 0.3) is 0 Å². The van der Waals surface area contributed by atoms with Gasteiger partial charge in [0.1, 0.15) is 0 Å². The van der Waals surface area contributed by atoms with E-state index in [0.717, 1.165) is 19.5 Å².